The van der Waals surface area contributed by atoms with Gasteiger partial charge in [-0.1, -0.05) is 34.8 Å². The third-order valence-electron chi connectivity index (χ3n) is 1.35. The Hall–Kier alpha value is -0.0426. The van der Waals surface area contributed by atoms with E-state index in [4.69, 9.17) is 34.8 Å². The Labute approximate surface area is 107 Å². The number of benzene rings is 1. The number of aromatic hydroxyl groups is 1. The van der Waals surface area contributed by atoms with E-state index in [1.807, 2.05) is 0 Å². The molecule has 0 amide bonds. The van der Waals surface area contributed by atoms with Gasteiger partial charge in [0.15, 0.2) is 0 Å². The minimum absolute atomic E-state index is 0. The van der Waals surface area contributed by atoms with Gasteiger partial charge in [0.05, 0.1) is 26.6 Å². The van der Waals surface area contributed by atoms with Crippen LogP contribution in [-0.4, -0.2) is 11.1 Å². The number of carboxylic acid groups (broad SMARTS) is 1. The van der Waals surface area contributed by atoms with Gasteiger partial charge < -0.3 is 15.0 Å². The predicted molar refractivity (Wildman–Crippen MR) is 47.5 cm³/mol. The SMILES string of the molecule is O=C([O-])c1c(O)c(Cl)cc(Cl)c1Cl.[Li+]. The molecule has 0 aliphatic rings. The van der Waals surface area contributed by atoms with E-state index in [-0.39, 0.29) is 33.9 Å². The molecule has 0 spiro atoms. The van der Waals surface area contributed by atoms with E-state index in [0.717, 1.165) is 6.07 Å². The van der Waals surface area contributed by atoms with Crippen molar-refractivity contribution < 1.29 is 33.9 Å². The van der Waals surface area contributed by atoms with E-state index in [1.54, 1.807) is 0 Å². The van der Waals surface area contributed by atoms with Crippen molar-refractivity contribution in [1.29, 1.82) is 0 Å². The zero-order valence-electron chi connectivity index (χ0n) is 6.97. The minimum atomic E-state index is -1.63. The van der Waals surface area contributed by atoms with Crippen LogP contribution in [0.25, 0.3) is 0 Å². The van der Waals surface area contributed by atoms with Crippen molar-refractivity contribution in [1.82, 2.24) is 0 Å². The maximum atomic E-state index is 10.5. The summed E-state index contributed by atoms with van der Waals surface area (Å²) >= 11 is 16.5. The van der Waals surface area contributed by atoms with Crippen LogP contribution in [0.3, 0.4) is 0 Å². The summed E-state index contributed by atoms with van der Waals surface area (Å²) in [5.41, 5.74) is -0.598. The molecule has 1 aromatic carbocycles. The molecule has 0 heterocycles. The molecule has 0 radical (unpaired) electrons. The van der Waals surface area contributed by atoms with Gasteiger partial charge in [0.2, 0.25) is 0 Å². The van der Waals surface area contributed by atoms with Gasteiger partial charge in [-0.05, 0) is 6.07 Å². The van der Waals surface area contributed by atoms with Crippen LogP contribution in [0.1, 0.15) is 10.4 Å². The molecule has 0 saturated heterocycles. The molecule has 0 aromatic heterocycles. The smallest absolute Gasteiger partial charge is 0.545 e. The van der Waals surface area contributed by atoms with Crippen molar-refractivity contribution in [2.75, 3.05) is 0 Å². The third kappa shape index (κ3) is 2.50. The van der Waals surface area contributed by atoms with Crippen LogP contribution in [0, 0.1) is 0 Å². The third-order valence-corrected chi connectivity index (χ3v) is 2.43. The largest absolute Gasteiger partial charge is 1.00 e. The molecule has 0 fully saturated rings. The molecule has 1 N–H and O–H groups in total. The van der Waals surface area contributed by atoms with E-state index >= 15 is 0 Å². The Balaban J connectivity index is 0.00000169. The second kappa shape index (κ2) is 5.16. The van der Waals surface area contributed by atoms with Gasteiger partial charge in [-0.15, -0.1) is 0 Å². The standard InChI is InChI=1S/C7H3Cl3O3.Li/c8-2-1-3(9)6(11)4(5(2)10)7(12)13;/h1,11H,(H,12,13);/q;+1/p-1. The molecule has 70 valence electrons. The monoisotopic (exact) mass is 246 g/mol. The average molecular weight is 247 g/mol. The second-order valence-corrected chi connectivity index (χ2v) is 3.36. The van der Waals surface area contributed by atoms with Gasteiger partial charge in [0.1, 0.15) is 5.75 Å². The molecular weight excluding hydrogens is 245 g/mol. The first-order valence-corrected chi connectivity index (χ1v) is 4.16. The van der Waals surface area contributed by atoms with Gasteiger partial charge in [-0.25, -0.2) is 0 Å². The van der Waals surface area contributed by atoms with Crippen molar-refractivity contribution in [3.63, 3.8) is 0 Å². The molecule has 0 unspecified atom stereocenters. The molecule has 0 bridgehead atoms. The Kier molecular flexibility index (Phi) is 5.14. The predicted octanol–water partition coefficient (Wildman–Crippen LogP) is -1.28. The first-order chi connectivity index (χ1) is 5.95. The first kappa shape index (κ1) is 14.0. The fourth-order valence-electron chi connectivity index (χ4n) is 0.772. The van der Waals surface area contributed by atoms with E-state index < -0.39 is 17.3 Å². The summed E-state index contributed by atoms with van der Waals surface area (Å²) in [7, 11) is 0. The summed E-state index contributed by atoms with van der Waals surface area (Å²) in [4.78, 5) is 10.5. The summed E-state index contributed by atoms with van der Waals surface area (Å²) in [5.74, 6) is -2.28. The van der Waals surface area contributed by atoms with Crippen molar-refractivity contribution >= 4 is 40.8 Å². The van der Waals surface area contributed by atoms with Crippen molar-refractivity contribution in [2.24, 2.45) is 0 Å². The molecule has 0 aliphatic carbocycles. The van der Waals surface area contributed by atoms with Gasteiger partial charge in [-0.2, -0.15) is 0 Å². The first-order valence-electron chi connectivity index (χ1n) is 3.03. The molecule has 1 aromatic rings. The average Bonchev–Trinajstić information content (AvgIpc) is 2.01. The number of hydrogen-bond acceptors (Lipinski definition) is 3. The zero-order chi connectivity index (χ0) is 10.2. The zero-order valence-corrected chi connectivity index (χ0v) is 9.24. The Morgan fingerprint density at radius 2 is 1.79 bits per heavy atom. The second-order valence-electron chi connectivity index (χ2n) is 2.17. The molecular formula is C7H2Cl3LiO3. The Bertz CT molecular complexity index is 355. The molecule has 0 aliphatic heterocycles. The Morgan fingerprint density at radius 3 is 2.21 bits per heavy atom. The van der Waals surface area contributed by atoms with Gasteiger partial charge >= 0.3 is 18.9 Å². The molecule has 0 atom stereocenters. The van der Waals surface area contributed by atoms with E-state index in [0.29, 0.717) is 0 Å². The van der Waals surface area contributed by atoms with Crippen LogP contribution in [-0.2, 0) is 0 Å². The molecule has 1 rings (SSSR count). The number of rotatable bonds is 1. The van der Waals surface area contributed by atoms with Crippen molar-refractivity contribution in [3.8, 4) is 5.75 Å². The minimum Gasteiger partial charge on any atom is -0.545 e. The normalized spacial score (nSPS) is 9.36. The fraction of sp³-hybridized carbons (Fsp3) is 0. The maximum Gasteiger partial charge on any atom is 1.00 e. The Morgan fingerprint density at radius 1 is 1.29 bits per heavy atom. The summed E-state index contributed by atoms with van der Waals surface area (Å²) < 4.78 is 0. The maximum absolute atomic E-state index is 10.5. The summed E-state index contributed by atoms with van der Waals surface area (Å²) in [6.07, 6.45) is 0. The van der Waals surface area contributed by atoms with Crippen LogP contribution in [0.4, 0.5) is 0 Å². The van der Waals surface area contributed by atoms with Crippen molar-refractivity contribution in [2.45, 2.75) is 0 Å². The molecule has 3 nitrogen and oxygen atoms in total. The number of carboxylic acids is 1. The van der Waals surface area contributed by atoms with Crippen LogP contribution in [0.2, 0.25) is 15.1 Å². The van der Waals surface area contributed by atoms with Crippen LogP contribution in [0.5, 0.6) is 5.75 Å². The topological polar surface area (TPSA) is 60.4 Å². The number of phenols is 1. The number of carbonyl (C=O) groups excluding carboxylic acids is 1. The molecule has 14 heavy (non-hydrogen) atoms. The molecule has 7 heteroatoms. The fourth-order valence-corrected chi connectivity index (χ4v) is 1.46. The summed E-state index contributed by atoms with van der Waals surface area (Å²) in [5, 5.41) is 19.1. The van der Waals surface area contributed by atoms with Crippen LogP contribution >= 0.6 is 34.8 Å². The number of aromatic carboxylic acids is 1. The van der Waals surface area contributed by atoms with E-state index in [9.17, 15) is 15.0 Å². The van der Waals surface area contributed by atoms with Gasteiger partial charge in [-0.3, -0.25) is 0 Å². The quantitative estimate of drug-likeness (QED) is 0.497. The van der Waals surface area contributed by atoms with Gasteiger partial charge in [0.25, 0.3) is 0 Å². The van der Waals surface area contributed by atoms with E-state index in [2.05, 4.69) is 0 Å². The van der Waals surface area contributed by atoms with Crippen LogP contribution in [0.15, 0.2) is 6.07 Å². The van der Waals surface area contributed by atoms with Gasteiger partial charge in [0, 0.05) is 0 Å². The number of carbonyl (C=O) groups is 1. The van der Waals surface area contributed by atoms with Crippen LogP contribution < -0.4 is 24.0 Å². The summed E-state index contributed by atoms with van der Waals surface area (Å²) in [6, 6.07) is 1.15. The van der Waals surface area contributed by atoms with Crippen molar-refractivity contribution in [3.05, 3.63) is 26.7 Å². The number of halogens is 3. The summed E-state index contributed by atoms with van der Waals surface area (Å²) in [6.45, 7) is 0. The number of hydrogen-bond donors (Lipinski definition) is 1. The molecule has 0 saturated carbocycles. The van der Waals surface area contributed by atoms with E-state index in [1.165, 1.54) is 0 Å².